The second kappa shape index (κ2) is 6.67. The van der Waals surface area contributed by atoms with E-state index < -0.39 is 0 Å². The van der Waals surface area contributed by atoms with E-state index in [1.165, 1.54) is 24.2 Å². The molecule has 2 aliphatic heterocycles. The van der Waals surface area contributed by atoms with Crippen molar-refractivity contribution in [1.29, 1.82) is 0 Å². The van der Waals surface area contributed by atoms with E-state index >= 15 is 0 Å². The maximum atomic E-state index is 12.3. The van der Waals surface area contributed by atoms with Crippen LogP contribution in [0.4, 0.5) is 4.79 Å². The summed E-state index contributed by atoms with van der Waals surface area (Å²) in [4.78, 5) is 39.1. The van der Waals surface area contributed by atoms with Gasteiger partial charge < -0.3 is 10.2 Å². The number of hydrogen-bond donors (Lipinski definition) is 1. The Labute approximate surface area is 131 Å². The molecular formula is C16H25N3O3. The third-order valence-corrected chi connectivity index (χ3v) is 5.14. The molecule has 2 heterocycles. The molecular weight excluding hydrogens is 282 g/mol. The molecule has 6 heteroatoms. The van der Waals surface area contributed by atoms with Gasteiger partial charge in [0.2, 0.25) is 11.8 Å². The topological polar surface area (TPSA) is 69.7 Å². The zero-order valence-corrected chi connectivity index (χ0v) is 13.1. The van der Waals surface area contributed by atoms with Gasteiger partial charge in [-0.25, -0.2) is 4.79 Å². The summed E-state index contributed by atoms with van der Waals surface area (Å²) in [5.74, 6) is -0.0924. The second-order valence-corrected chi connectivity index (χ2v) is 6.66. The number of piperidine rings is 1. The van der Waals surface area contributed by atoms with Crippen LogP contribution < -0.4 is 5.32 Å². The molecule has 0 aromatic heterocycles. The zero-order chi connectivity index (χ0) is 15.5. The number of carbonyl (C=O) groups excluding carboxylic acids is 3. The molecule has 2 saturated heterocycles. The molecule has 1 aliphatic carbocycles. The molecule has 0 aromatic rings. The largest absolute Gasteiger partial charge is 0.335 e. The van der Waals surface area contributed by atoms with Crippen LogP contribution in [0.3, 0.4) is 0 Å². The van der Waals surface area contributed by atoms with E-state index in [1.807, 2.05) is 4.90 Å². The van der Waals surface area contributed by atoms with Crippen LogP contribution in [0.1, 0.15) is 57.8 Å². The monoisotopic (exact) mass is 307 g/mol. The SMILES string of the molecule is O=C(NC1CCCCC1)N1CCC(N2C(=O)CCC2=O)CC1. The number of likely N-dealkylation sites (tertiary alicyclic amines) is 2. The van der Waals surface area contributed by atoms with Crippen LogP contribution in [0.2, 0.25) is 0 Å². The highest BCUT2D eigenvalue weighted by molar-refractivity contribution is 6.02. The first-order chi connectivity index (χ1) is 10.6. The molecule has 0 atom stereocenters. The smallest absolute Gasteiger partial charge is 0.317 e. The lowest BCUT2D eigenvalue weighted by molar-refractivity contribution is -0.141. The van der Waals surface area contributed by atoms with Crippen molar-refractivity contribution in [3.63, 3.8) is 0 Å². The number of imide groups is 1. The van der Waals surface area contributed by atoms with Gasteiger partial charge in [-0.2, -0.15) is 0 Å². The summed E-state index contributed by atoms with van der Waals surface area (Å²) in [6.45, 7) is 1.25. The van der Waals surface area contributed by atoms with Crippen molar-refractivity contribution in [2.75, 3.05) is 13.1 Å². The minimum atomic E-state index is -0.0462. The van der Waals surface area contributed by atoms with E-state index in [4.69, 9.17) is 0 Å². The molecule has 3 rings (SSSR count). The molecule has 0 unspecified atom stereocenters. The Kier molecular flexibility index (Phi) is 4.64. The summed E-state index contributed by atoms with van der Waals surface area (Å²) in [7, 11) is 0. The van der Waals surface area contributed by atoms with Gasteiger partial charge in [0.15, 0.2) is 0 Å². The molecule has 0 spiro atoms. The third-order valence-electron chi connectivity index (χ3n) is 5.14. The van der Waals surface area contributed by atoms with Gasteiger partial charge in [-0.05, 0) is 25.7 Å². The molecule has 3 aliphatic rings. The Morgan fingerprint density at radius 3 is 2.09 bits per heavy atom. The molecule has 6 nitrogen and oxygen atoms in total. The van der Waals surface area contributed by atoms with Gasteiger partial charge in [-0.15, -0.1) is 0 Å². The summed E-state index contributed by atoms with van der Waals surface area (Å²) in [6, 6.07) is 0.325. The van der Waals surface area contributed by atoms with Gasteiger partial charge in [0, 0.05) is 38.0 Å². The average Bonchev–Trinajstić information content (AvgIpc) is 2.87. The van der Waals surface area contributed by atoms with Gasteiger partial charge in [-0.3, -0.25) is 14.5 Å². The number of rotatable bonds is 2. The first kappa shape index (κ1) is 15.3. The molecule has 0 radical (unpaired) electrons. The van der Waals surface area contributed by atoms with E-state index in [1.54, 1.807) is 0 Å². The van der Waals surface area contributed by atoms with E-state index in [0.717, 1.165) is 12.8 Å². The summed E-state index contributed by atoms with van der Waals surface area (Å²) in [6.07, 6.45) is 7.94. The lowest BCUT2D eigenvalue weighted by Gasteiger charge is -2.36. The Morgan fingerprint density at radius 2 is 1.50 bits per heavy atom. The summed E-state index contributed by atoms with van der Waals surface area (Å²) in [5.41, 5.74) is 0. The predicted molar refractivity (Wildman–Crippen MR) is 81.1 cm³/mol. The highest BCUT2D eigenvalue weighted by atomic mass is 16.2. The van der Waals surface area contributed by atoms with Crippen LogP contribution in [-0.4, -0.2) is 52.8 Å². The van der Waals surface area contributed by atoms with Crippen LogP contribution in [-0.2, 0) is 9.59 Å². The normalized spacial score (nSPS) is 24.9. The quantitative estimate of drug-likeness (QED) is 0.789. The molecule has 3 fully saturated rings. The summed E-state index contributed by atoms with van der Waals surface area (Å²) < 4.78 is 0. The number of urea groups is 1. The van der Waals surface area contributed by atoms with Gasteiger partial charge in [0.1, 0.15) is 0 Å². The summed E-state index contributed by atoms with van der Waals surface area (Å²) >= 11 is 0. The number of amides is 4. The molecule has 1 N–H and O–H groups in total. The molecule has 1 saturated carbocycles. The van der Waals surface area contributed by atoms with Crippen molar-refractivity contribution in [3.05, 3.63) is 0 Å². The van der Waals surface area contributed by atoms with Gasteiger partial charge in [0.05, 0.1) is 0 Å². The Balaban J connectivity index is 1.47. The standard InChI is InChI=1S/C16H25N3O3/c20-14-6-7-15(21)19(14)13-8-10-18(11-9-13)16(22)17-12-4-2-1-3-5-12/h12-13H,1-11H2,(H,17,22). The van der Waals surface area contributed by atoms with Crippen molar-refractivity contribution in [1.82, 2.24) is 15.1 Å². The fourth-order valence-electron chi connectivity index (χ4n) is 3.84. The van der Waals surface area contributed by atoms with Gasteiger partial charge in [-0.1, -0.05) is 19.3 Å². The molecule has 22 heavy (non-hydrogen) atoms. The number of nitrogens with zero attached hydrogens (tertiary/aromatic N) is 2. The van der Waals surface area contributed by atoms with E-state index in [0.29, 0.717) is 44.8 Å². The highest BCUT2D eigenvalue weighted by Gasteiger charge is 2.37. The van der Waals surface area contributed by atoms with Gasteiger partial charge >= 0.3 is 6.03 Å². The first-order valence-electron chi connectivity index (χ1n) is 8.55. The van der Waals surface area contributed by atoms with Crippen molar-refractivity contribution in [3.8, 4) is 0 Å². The van der Waals surface area contributed by atoms with E-state index in [9.17, 15) is 14.4 Å². The Bertz CT molecular complexity index is 436. The van der Waals surface area contributed by atoms with E-state index in [2.05, 4.69) is 5.32 Å². The second-order valence-electron chi connectivity index (χ2n) is 6.66. The molecule has 0 aromatic carbocycles. The van der Waals surface area contributed by atoms with Crippen LogP contribution in [0.5, 0.6) is 0 Å². The Hall–Kier alpha value is -1.59. The summed E-state index contributed by atoms with van der Waals surface area (Å²) in [5, 5.41) is 3.13. The molecule has 122 valence electrons. The molecule has 0 bridgehead atoms. The maximum Gasteiger partial charge on any atom is 0.317 e. The lowest BCUT2D eigenvalue weighted by atomic mass is 9.95. The maximum absolute atomic E-state index is 12.3. The zero-order valence-electron chi connectivity index (χ0n) is 13.1. The van der Waals surface area contributed by atoms with Gasteiger partial charge in [0.25, 0.3) is 0 Å². The number of hydrogen-bond acceptors (Lipinski definition) is 3. The van der Waals surface area contributed by atoms with Crippen molar-refractivity contribution in [2.24, 2.45) is 0 Å². The fourth-order valence-corrected chi connectivity index (χ4v) is 3.84. The fraction of sp³-hybridized carbons (Fsp3) is 0.812. The minimum absolute atomic E-state index is 0.0127. The van der Waals surface area contributed by atoms with Crippen LogP contribution >= 0.6 is 0 Å². The third kappa shape index (κ3) is 3.25. The number of nitrogens with one attached hydrogen (secondary N) is 1. The molecule has 4 amide bonds. The highest BCUT2D eigenvalue weighted by Crippen LogP contribution is 2.23. The number of carbonyl (C=O) groups is 3. The Morgan fingerprint density at radius 1 is 0.909 bits per heavy atom. The first-order valence-corrected chi connectivity index (χ1v) is 8.55. The van der Waals surface area contributed by atoms with Crippen molar-refractivity contribution < 1.29 is 14.4 Å². The van der Waals surface area contributed by atoms with Crippen molar-refractivity contribution in [2.45, 2.75) is 69.9 Å². The average molecular weight is 307 g/mol. The van der Waals surface area contributed by atoms with Crippen molar-refractivity contribution >= 4 is 17.8 Å². The lowest BCUT2D eigenvalue weighted by Crippen LogP contribution is -2.52. The van der Waals surface area contributed by atoms with Crippen LogP contribution in [0.15, 0.2) is 0 Å². The van der Waals surface area contributed by atoms with E-state index in [-0.39, 0.29) is 23.9 Å². The predicted octanol–water partition coefficient (Wildman–Crippen LogP) is 1.64. The minimum Gasteiger partial charge on any atom is -0.335 e. The van der Waals surface area contributed by atoms with Crippen LogP contribution in [0.25, 0.3) is 0 Å². The van der Waals surface area contributed by atoms with Crippen LogP contribution in [0, 0.1) is 0 Å².